The molecule has 0 fully saturated rings. The Bertz CT molecular complexity index is 397. The average Bonchev–Trinajstić information content (AvgIpc) is 2.73. The molecule has 0 N–H and O–H groups in total. The summed E-state index contributed by atoms with van der Waals surface area (Å²) >= 11 is 6.99. The van der Waals surface area contributed by atoms with Gasteiger partial charge in [-0.25, -0.2) is 4.98 Å². The predicted molar refractivity (Wildman–Crippen MR) is 74.5 cm³/mol. The number of hydrogen-bond acceptors (Lipinski definition) is 4. The molecule has 0 saturated heterocycles. The number of carbonyl (C=O) groups excluding carboxylic acids is 1. The Morgan fingerprint density at radius 3 is 2.65 bits per heavy atom. The number of nitrogens with zero attached hydrogens (tertiary/aromatic N) is 2. The summed E-state index contributed by atoms with van der Waals surface area (Å²) in [4.78, 5) is 17.8. The average molecular weight is 275 g/mol. The molecule has 0 bridgehead atoms. The number of aromatic nitrogens is 1. The van der Waals surface area contributed by atoms with Crippen molar-refractivity contribution >= 4 is 33.9 Å². The van der Waals surface area contributed by atoms with Gasteiger partial charge in [0, 0.05) is 18.5 Å². The van der Waals surface area contributed by atoms with Crippen LogP contribution >= 0.6 is 22.9 Å². The normalized spacial score (nSPS) is 13.5. The molecule has 0 aliphatic carbocycles. The summed E-state index contributed by atoms with van der Waals surface area (Å²) in [5.41, 5.74) is 0.629. The first kappa shape index (κ1) is 14.5. The van der Waals surface area contributed by atoms with E-state index in [0.717, 1.165) is 5.13 Å². The zero-order chi connectivity index (χ0) is 13.2. The molecular weight excluding hydrogens is 256 g/mol. The molecule has 96 valence electrons. The molecule has 1 rings (SSSR count). The van der Waals surface area contributed by atoms with Crippen molar-refractivity contribution in [2.24, 2.45) is 5.41 Å². The first-order valence-electron chi connectivity index (χ1n) is 5.55. The van der Waals surface area contributed by atoms with Crippen LogP contribution < -0.4 is 4.90 Å². The minimum Gasteiger partial charge on any atom is -0.348 e. The fourth-order valence-electron chi connectivity index (χ4n) is 1.37. The van der Waals surface area contributed by atoms with Crippen molar-refractivity contribution < 1.29 is 4.79 Å². The van der Waals surface area contributed by atoms with Crippen molar-refractivity contribution in [1.82, 2.24) is 4.98 Å². The number of rotatable bonds is 4. The second kappa shape index (κ2) is 5.36. The summed E-state index contributed by atoms with van der Waals surface area (Å²) in [6.45, 7) is 8.72. The maximum absolute atomic E-state index is 11.4. The van der Waals surface area contributed by atoms with Crippen LogP contribution in [0.1, 0.15) is 38.2 Å². The highest BCUT2D eigenvalue weighted by atomic mass is 35.5. The summed E-state index contributed by atoms with van der Waals surface area (Å²) in [6.07, 6.45) is 0. The number of Topliss-reactive ketones (excluding diaryl/α,β-unsaturated/α-hetero) is 1. The number of carbonyl (C=O) groups is 1. The van der Waals surface area contributed by atoms with Gasteiger partial charge >= 0.3 is 0 Å². The summed E-state index contributed by atoms with van der Waals surface area (Å²) < 4.78 is 0. The van der Waals surface area contributed by atoms with E-state index in [2.05, 4.69) is 37.6 Å². The highest BCUT2D eigenvalue weighted by molar-refractivity contribution is 7.14. The molecule has 0 amide bonds. The highest BCUT2D eigenvalue weighted by Crippen LogP contribution is 2.29. The quantitative estimate of drug-likeness (QED) is 0.623. The molecule has 1 heterocycles. The number of anilines is 1. The first-order chi connectivity index (χ1) is 7.77. The zero-order valence-electron chi connectivity index (χ0n) is 11.0. The van der Waals surface area contributed by atoms with E-state index in [-0.39, 0.29) is 17.1 Å². The summed E-state index contributed by atoms with van der Waals surface area (Å²) in [7, 11) is 2.00. The number of halogens is 1. The first-order valence-corrected chi connectivity index (χ1v) is 6.96. The SMILES string of the molecule is CC(N(C)c1nc(C(=O)CCl)cs1)C(C)(C)C. The standard InChI is InChI=1S/C12H19ClN2OS/c1-8(12(2,3)4)15(5)11-14-9(7-17-11)10(16)6-13/h7-8H,6H2,1-5H3. The Morgan fingerprint density at radius 2 is 2.18 bits per heavy atom. The minimum atomic E-state index is -0.119. The van der Waals surface area contributed by atoms with E-state index in [1.807, 2.05) is 7.05 Å². The molecule has 1 atom stereocenters. The van der Waals surface area contributed by atoms with Crippen molar-refractivity contribution in [2.45, 2.75) is 33.7 Å². The molecule has 5 heteroatoms. The third-order valence-corrected chi connectivity index (χ3v) is 4.21. The largest absolute Gasteiger partial charge is 0.348 e. The summed E-state index contributed by atoms with van der Waals surface area (Å²) in [5, 5.41) is 2.63. The molecule has 0 aliphatic rings. The van der Waals surface area contributed by atoms with Gasteiger partial charge in [0.05, 0.1) is 5.88 Å². The van der Waals surface area contributed by atoms with E-state index in [9.17, 15) is 4.79 Å². The maximum atomic E-state index is 11.4. The summed E-state index contributed by atoms with van der Waals surface area (Å²) in [5.74, 6) is -0.132. The van der Waals surface area contributed by atoms with E-state index in [4.69, 9.17) is 11.6 Å². The van der Waals surface area contributed by atoms with Gasteiger partial charge in [-0.1, -0.05) is 20.8 Å². The lowest BCUT2D eigenvalue weighted by atomic mass is 9.87. The van der Waals surface area contributed by atoms with Gasteiger partial charge in [-0.05, 0) is 12.3 Å². The van der Waals surface area contributed by atoms with Crippen LogP contribution in [0.4, 0.5) is 5.13 Å². The van der Waals surface area contributed by atoms with Crippen molar-refractivity contribution in [1.29, 1.82) is 0 Å². The van der Waals surface area contributed by atoms with Crippen LogP contribution in [-0.4, -0.2) is 29.7 Å². The fourth-order valence-corrected chi connectivity index (χ4v) is 2.38. The van der Waals surface area contributed by atoms with Crippen LogP contribution in [0.15, 0.2) is 5.38 Å². The van der Waals surface area contributed by atoms with Crippen LogP contribution in [-0.2, 0) is 0 Å². The Balaban J connectivity index is 2.87. The Kier molecular flexibility index (Phi) is 4.55. The molecule has 1 aromatic rings. The minimum absolute atomic E-state index is 0.0122. The number of hydrogen-bond donors (Lipinski definition) is 0. The highest BCUT2D eigenvalue weighted by Gasteiger charge is 2.26. The molecule has 0 aromatic carbocycles. The number of ketones is 1. The third-order valence-electron chi connectivity index (χ3n) is 3.04. The van der Waals surface area contributed by atoms with Crippen LogP contribution in [0.25, 0.3) is 0 Å². The molecule has 0 spiro atoms. The topological polar surface area (TPSA) is 33.2 Å². The van der Waals surface area contributed by atoms with E-state index >= 15 is 0 Å². The second-order valence-electron chi connectivity index (χ2n) is 5.23. The van der Waals surface area contributed by atoms with Gasteiger partial charge in [0.25, 0.3) is 0 Å². The maximum Gasteiger partial charge on any atom is 0.196 e. The van der Waals surface area contributed by atoms with Crippen molar-refractivity contribution in [3.8, 4) is 0 Å². The van der Waals surface area contributed by atoms with Crippen LogP contribution in [0.2, 0.25) is 0 Å². The fraction of sp³-hybridized carbons (Fsp3) is 0.667. The molecule has 3 nitrogen and oxygen atoms in total. The third kappa shape index (κ3) is 3.42. The molecular formula is C12H19ClN2OS. The van der Waals surface area contributed by atoms with Gasteiger partial charge in [-0.15, -0.1) is 22.9 Å². The van der Waals surface area contributed by atoms with Crippen molar-refractivity contribution in [3.05, 3.63) is 11.1 Å². The lowest BCUT2D eigenvalue weighted by molar-refractivity contribution is 0.101. The van der Waals surface area contributed by atoms with Gasteiger partial charge in [0.15, 0.2) is 10.9 Å². The lowest BCUT2D eigenvalue weighted by Gasteiger charge is -2.35. The number of alkyl halides is 1. The smallest absolute Gasteiger partial charge is 0.196 e. The van der Waals surface area contributed by atoms with Crippen molar-refractivity contribution in [3.63, 3.8) is 0 Å². The lowest BCUT2D eigenvalue weighted by Crippen LogP contribution is -2.39. The molecule has 0 saturated carbocycles. The van der Waals surface area contributed by atoms with Gasteiger partial charge in [-0.2, -0.15) is 0 Å². The van der Waals surface area contributed by atoms with Gasteiger partial charge in [-0.3, -0.25) is 4.79 Å². The van der Waals surface area contributed by atoms with E-state index < -0.39 is 0 Å². The summed E-state index contributed by atoms with van der Waals surface area (Å²) in [6, 6.07) is 0.340. The Labute approximate surface area is 112 Å². The molecule has 0 radical (unpaired) electrons. The molecule has 0 aliphatic heterocycles. The van der Waals surface area contributed by atoms with Crippen LogP contribution in [0, 0.1) is 5.41 Å². The van der Waals surface area contributed by atoms with Crippen LogP contribution in [0.3, 0.4) is 0 Å². The monoisotopic (exact) mass is 274 g/mol. The Morgan fingerprint density at radius 1 is 1.59 bits per heavy atom. The van der Waals surface area contributed by atoms with Gasteiger partial charge < -0.3 is 4.90 Å². The zero-order valence-corrected chi connectivity index (χ0v) is 12.5. The predicted octanol–water partition coefficient (Wildman–Crippen LogP) is 3.44. The van der Waals surface area contributed by atoms with E-state index in [1.54, 1.807) is 5.38 Å². The molecule has 17 heavy (non-hydrogen) atoms. The van der Waals surface area contributed by atoms with E-state index in [1.165, 1.54) is 11.3 Å². The molecule has 1 aromatic heterocycles. The van der Waals surface area contributed by atoms with Crippen molar-refractivity contribution in [2.75, 3.05) is 17.8 Å². The van der Waals surface area contributed by atoms with Gasteiger partial charge in [0.1, 0.15) is 5.69 Å². The Hall–Kier alpha value is -0.610. The number of thiazole rings is 1. The van der Waals surface area contributed by atoms with E-state index in [0.29, 0.717) is 11.7 Å². The van der Waals surface area contributed by atoms with Gasteiger partial charge in [0.2, 0.25) is 0 Å². The second-order valence-corrected chi connectivity index (χ2v) is 6.33. The van der Waals surface area contributed by atoms with Crippen LogP contribution in [0.5, 0.6) is 0 Å². The molecule has 1 unspecified atom stereocenters.